The minimum absolute atomic E-state index is 0.383. The Morgan fingerprint density at radius 3 is 2.91 bits per heavy atom. The second kappa shape index (κ2) is 4.55. The lowest BCUT2D eigenvalue weighted by Crippen LogP contribution is -2.16. The van der Waals surface area contributed by atoms with Gasteiger partial charge < -0.3 is 5.11 Å². The normalized spacial score (nSPS) is 32.9. The van der Waals surface area contributed by atoms with E-state index >= 15 is 0 Å². The van der Waals surface area contributed by atoms with Crippen LogP contribution in [0.15, 0.2) is 12.2 Å². The maximum absolute atomic E-state index is 8.95. The predicted molar refractivity (Wildman–Crippen MR) is 47.3 cm³/mol. The molecule has 1 nitrogen and oxygen atoms in total. The largest absolute Gasteiger partial charge is 0.396 e. The Labute approximate surface area is 69.1 Å². The zero-order valence-electron chi connectivity index (χ0n) is 7.29. The molecule has 0 aromatic rings. The molecule has 0 bridgehead atoms. The van der Waals surface area contributed by atoms with E-state index in [1.165, 1.54) is 25.7 Å². The minimum Gasteiger partial charge on any atom is -0.396 e. The molecule has 2 unspecified atom stereocenters. The molecule has 1 heteroatoms. The topological polar surface area (TPSA) is 20.2 Å². The number of allylic oxidation sites excluding steroid dienone is 2. The summed E-state index contributed by atoms with van der Waals surface area (Å²) in [6.45, 7) is 2.45. The molecule has 0 heterocycles. The van der Waals surface area contributed by atoms with Gasteiger partial charge in [0.05, 0.1) is 0 Å². The van der Waals surface area contributed by atoms with E-state index in [4.69, 9.17) is 5.11 Å². The van der Waals surface area contributed by atoms with Crippen molar-refractivity contribution >= 4 is 0 Å². The third kappa shape index (κ3) is 2.66. The van der Waals surface area contributed by atoms with Crippen molar-refractivity contribution in [1.82, 2.24) is 0 Å². The van der Waals surface area contributed by atoms with Gasteiger partial charge in [0.1, 0.15) is 0 Å². The summed E-state index contributed by atoms with van der Waals surface area (Å²) in [6.07, 6.45) is 9.44. The van der Waals surface area contributed by atoms with Gasteiger partial charge in [0.2, 0.25) is 0 Å². The molecular weight excluding hydrogens is 136 g/mol. The third-order valence-electron chi connectivity index (χ3n) is 2.55. The first-order chi connectivity index (χ1) is 5.36. The Hall–Kier alpha value is -0.300. The molecule has 1 N–H and O–H groups in total. The molecule has 1 saturated carbocycles. The summed E-state index contributed by atoms with van der Waals surface area (Å²) in [5, 5.41) is 8.95. The highest BCUT2D eigenvalue weighted by Crippen LogP contribution is 2.29. The smallest absolute Gasteiger partial charge is 0.0459 e. The van der Waals surface area contributed by atoms with Gasteiger partial charge in [-0.25, -0.2) is 0 Å². The molecule has 1 aliphatic carbocycles. The van der Waals surface area contributed by atoms with Gasteiger partial charge in [0.15, 0.2) is 0 Å². The highest BCUT2D eigenvalue weighted by Gasteiger charge is 2.18. The van der Waals surface area contributed by atoms with Crippen molar-refractivity contribution in [1.29, 1.82) is 0 Å². The lowest BCUT2D eigenvalue weighted by atomic mass is 9.82. The van der Waals surface area contributed by atoms with Crippen molar-refractivity contribution in [3.8, 4) is 0 Å². The first kappa shape index (κ1) is 8.79. The first-order valence-corrected chi connectivity index (χ1v) is 4.60. The molecule has 2 atom stereocenters. The number of aliphatic hydroxyl groups is 1. The van der Waals surface area contributed by atoms with E-state index in [-0.39, 0.29) is 0 Å². The van der Waals surface area contributed by atoms with Crippen LogP contribution in [0.25, 0.3) is 0 Å². The molecule has 64 valence electrons. The zero-order chi connectivity index (χ0) is 8.10. The van der Waals surface area contributed by atoms with Gasteiger partial charge in [-0.05, 0) is 38.0 Å². The maximum Gasteiger partial charge on any atom is 0.0459 e. The van der Waals surface area contributed by atoms with E-state index < -0.39 is 0 Å². The van der Waals surface area contributed by atoms with Crippen molar-refractivity contribution in [2.24, 2.45) is 11.8 Å². The second-order valence-corrected chi connectivity index (χ2v) is 3.50. The Morgan fingerprint density at radius 1 is 1.45 bits per heavy atom. The van der Waals surface area contributed by atoms with Crippen LogP contribution in [0.1, 0.15) is 32.6 Å². The molecule has 1 fully saturated rings. The maximum atomic E-state index is 8.95. The lowest BCUT2D eigenvalue weighted by Gasteiger charge is -2.25. The summed E-state index contributed by atoms with van der Waals surface area (Å²) in [6, 6.07) is 0. The van der Waals surface area contributed by atoms with E-state index in [9.17, 15) is 0 Å². The first-order valence-electron chi connectivity index (χ1n) is 4.60. The molecular formula is C10H18O. The van der Waals surface area contributed by atoms with Crippen LogP contribution in [0.5, 0.6) is 0 Å². The van der Waals surface area contributed by atoms with Crippen molar-refractivity contribution in [3.63, 3.8) is 0 Å². The van der Waals surface area contributed by atoms with Gasteiger partial charge in [-0.2, -0.15) is 0 Å². The quantitative estimate of drug-likeness (QED) is 0.605. The average molecular weight is 154 g/mol. The standard InChI is InChI=1S/C10H18O/c1-2-4-9-5-3-6-10(7-9)8-11/h2,4,9-11H,3,5-8H2,1H3/b4-2-. The van der Waals surface area contributed by atoms with Gasteiger partial charge in [0, 0.05) is 6.61 Å². The van der Waals surface area contributed by atoms with Crippen LogP contribution in [0, 0.1) is 11.8 Å². The van der Waals surface area contributed by atoms with Crippen molar-refractivity contribution in [3.05, 3.63) is 12.2 Å². The summed E-state index contributed by atoms with van der Waals surface area (Å²) < 4.78 is 0. The van der Waals surface area contributed by atoms with E-state index in [0.29, 0.717) is 12.5 Å². The van der Waals surface area contributed by atoms with E-state index in [1.54, 1.807) is 0 Å². The molecule has 0 aliphatic heterocycles. The third-order valence-corrected chi connectivity index (χ3v) is 2.55. The number of rotatable bonds is 2. The fourth-order valence-corrected chi connectivity index (χ4v) is 1.95. The van der Waals surface area contributed by atoms with Crippen LogP contribution >= 0.6 is 0 Å². The van der Waals surface area contributed by atoms with Crippen LogP contribution in [0.3, 0.4) is 0 Å². The summed E-state index contributed by atoms with van der Waals surface area (Å²) in [7, 11) is 0. The summed E-state index contributed by atoms with van der Waals surface area (Å²) in [5.74, 6) is 1.32. The molecule has 0 spiro atoms. The van der Waals surface area contributed by atoms with Crippen LogP contribution in [0.4, 0.5) is 0 Å². The molecule has 0 aromatic carbocycles. The molecule has 11 heavy (non-hydrogen) atoms. The molecule has 1 rings (SSSR count). The van der Waals surface area contributed by atoms with Gasteiger partial charge >= 0.3 is 0 Å². The average Bonchev–Trinajstić information content (AvgIpc) is 2.06. The summed E-state index contributed by atoms with van der Waals surface area (Å²) >= 11 is 0. The van der Waals surface area contributed by atoms with Crippen LogP contribution in [0.2, 0.25) is 0 Å². The van der Waals surface area contributed by atoms with Crippen molar-refractivity contribution in [2.75, 3.05) is 6.61 Å². The van der Waals surface area contributed by atoms with E-state index in [1.807, 2.05) is 0 Å². The predicted octanol–water partition coefficient (Wildman–Crippen LogP) is 2.36. The van der Waals surface area contributed by atoms with E-state index in [0.717, 1.165) is 5.92 Å². The second-order valence-electron chi connectivity index (χ2n) is 3.50. The van der Waals surface area contributed by atoms with Gasteiger partial charge in [-0.1, -0.05) is 18.6 Å². The number of hydrogen-bond acceptors (Lipinski definition) is 1. The summed E-state index contributed by atoms with van der Waals surface area (Å²) in [5.41, 5.74) is 0. The van der Waals surface area contributed by atoms with Crippen LogP contribution in [-0.2, 0) is 0 Å². The Morgan fingerprint density at radius 2 is 2.27 bits per heavy atom. The van der Waals surface area contributed by atoms with Gasteiger partial charge in [-0.15, -0.1) is 0 Å². The number of hydrogen-bond donors (Lipinski definition) is 1. The Kier molecular flexibility index (Phi) is 3.64. The molecule has 0 amide bonds. The molecule has 0 radical (unpaired) electrons. The molecule has 1 aliphatic rings. The highest BCUT2D eigenvalue weighted by atomic mass is 16.3. The van der Waals surface area contributed by atoms with Crippen molar-refractivity contribution in [2.45, 2.75) is 32.6 Å². The zero-order valence-corrected chi connectivity index (χ0v) is 7.29. The van der Waals surface area contributed by atoms with Crippen LogP contribution in [-0.4, -0.2) is 11.7 Å². The van der Waals surface area contributed by atoms with Crippen LogP contribution < -0.4 is 0 Å². The minimum atomic E-state index is 0.383. The molecule has 0 saturated heterocycles. The lowest BCUT2D eigenvalue weighted by molar-refractivity contribution is 0.173. The van der Waals surface area contributed by atoms with Gasteiger partial charge in [0.25, 0.3) is 0 Å². The number of aliphatic hydroxyl groups excluding tert-OH is 1. The Balaban J connectivity index is 2.33. The fourth-order valence-electron chi connectivity index (χ4n) is 1.95. The van der Waals surface area contributed by atoms with E-state index in [2.05, 4.69) is 19.1 Å². The highest BCUT2D eigenvalue weighted by molar-refractivity contribution is 4.89. The Bertz CT molecular complexity index is 129. The summed E-state index contributed by atoms with van der Waals surface area (Å²) in [4.78, 5) is 0. The fraction of sp³-hybridized carbons (Fsp3) is 0.800. The molecule has 0 aromatic heterocycles. The SMILES string of the molecule is C/C=C\C1CCCC(CO)C1. The van der Waals surface area contributed by atoms with Crippen molar-refractivity contribution < 1.29 is 5.11 Å². The van der Waals surface area contributed by atoms with Gasteiger partial charge in [-0.3, -0.25) is 0 Å². The monoisotopic (exact) mass is 154 g/mol.